The number of hydrogen-bond acceptors (Lipinski definition) is 2. The highest BCUT2D eigenvalue weighted by molar-refractivity contribution is 4.68. The fraction of sp³-hybridized carbons (Fsp3) is 1.00. The van der Waals surface area contributed by atoms with Gasteiger partial charge in [-0.05, 0) is 51.2 Å². The van der Waals surface area contributed by atoms with Crippen molar-refractivity contribution in [2.45, 2.75) is 38.3 Å². The van der Waals surface area contributed by atoms with Crippen LogP contribution in [0.1, 0.15) is 32.1 Å². The number of nitrogens with one attached hydrogen (secondary N) is 2. The maximum absolute atomic E-state index is 11.8. The summed E-state index contributed by atoms with van der Waals surface area (Å²) in [5.74, 6) is 0.769. The molecule has 0 amide bonds. The summed E-state index contributed by atoms with van der Waals surface area (Å²) in [6.07, 6.45) is -0.198. The first kappa shape index (κ1) is 13.8. The van der Waals surface area contributed by atoms with Crippen LogP contribution in [0.2, 0.25) is 0 Å². The zero-order valence-electron chi connectivity index (χ0n) is 9.58. The lowest BCUT2D eigenvalue weighted by Gasteiger charge is -2.22. The van der Waals surface area contributed by atoms with Crippen LogP contribution in [0.15, 0.2) is 0 Å². The fourth-order valence-corrected chi connectivity index (χ4v) is 2.04. The van der Waals surface area contributed by atoms with E-state index in [0.717, 1.165) is 31.8 Å². The molecule has 0 atom stereocenters. The summed E-state index contributed by atoms with van der Waals surface area (Å²) >= 11 is 0. The Balaban J connectivity index is 1.87. The van der Waals surface area contributed by atoms with E-state index in [1.54, 1.807) is 0 Å². The molecule has 1 aliphatic rings. The van der Waals surface area contributed by atoms with Crippen LogP contribution in [-0.2, 0) is 0 Å². The molecule has 0 aromatic heterocycles. The summed E-state index contributed by atoms with van der Waals surface area (Å²) in [5, 5.41) is 6.15. The first-order valence-electron chi connectivity index (χ1n) is 6.06. The van der Waals surface area contributed by atoms with E-state index < -0.39 is 12.6 Å². The van der Waals surface area contributed by atoms with E-state index in [4.69, 9.17) is 0 Å². The van der Waals surface area contributed by atoms with Crippen molar-refractivity contribution in [3.63, 3.8) is 0 Å². The van der Waals surface area contributed by atoms with Crippen molar-refractivity contribution in [3.8, 4) is 0 Å². The van der Waals surface area contributed by atoms with Gasteiger partial charge in [-0.15, -0.1) is 0 Å². The van der Waals surface area contributed by atoms with E-state index in [9.17, 15) is 13.2 Å². The van der Waals surface area contributed by atoms with Gasteiger partial charge in [0.15, 0.2) is 0 Å². The van der Waals surface area contributed by atoms with E-state index in [1.165, 1.54) is 12.8 Å². The Hall–Kier alpha value is -0.290. The number of alkyl halides is 3. The van der Waals surface area contributed by atoms with E-state index >= 15 is 0 Å². The monoisotopic (exact) mass is 238 g/mol. The van der Waals surface area contributed by atoms with Crippen LogP contribution in [0.4, 0.5) is 13.2 Å². The zero-order valence-corrected chi connectivity index (χ0v) is 9.58. The van der Waals surface area contributed by atoms with Gasteiger partial charge in [-0.25, -0.2) is 0 Å². The first-order valence-corrected chi connectivity index (χ1v) is 6.06. The fourth-order valence-electron chi connectivity index (χ4n) is 2.04. The van der Waals surface area contributed by atoms with Crippen molar-refractivity contribution in [3.05, 3.63) is 0 Å². The molecule has 1 fully saturated rings. The van der Waals surface area contributed by atoms with Gasteiger partial charge < -0.3 is 10.6 Å². The standard InChI is InChI=1S/C11H21F3N2/c12-11(13,14)5-9-15-6-1-2-10-3-7-16-8-4-10/h10,15-16H,1-9H2. The van der Waals surface area contributed by atoms with Crippen LogP contribution in [0.25, 0.3) is 0 Å². The van der Waals surface area contributed by atoms with Crippen LogP contribution in [0, 0.1) is 5.92 Å². The maximum atomic E-state index is 11.8. The Morgan fingerprint density at radius 2 is 1.81 bits per heavy atom. The van der Waals surface area contributed by atoms with Crippen LogP contribution < -0.4 is 10.6 Å². The molecule has 2 N–H and O–H groups in total. The summed E-state index contributed by atoms with van der Waals surface area (Å²) in [4.78, 5) is 0. The molecule has 1 rings (SSSR count). The molecule has 0 radical (unpaired) electrons. The molecule has 5 heteroatoms. The lowest BCUT2D eigenvalue weighted by Crippen LogP contribution is -2.28. The third kappa shape index (κ3) is 7.06. The van der Waals surface area contributed by atoms with Gasteiger partial charge >= 0.3 is 6.18 Å². The number of rotatable bonds is 6. The maximum Gasteiger partial charge on any atom is 0.390 e. The van der Waals surface area contributed by atoms with Gasteiger partial charge in [0.2, 0.25) is 0 Å². The summed E-state index contributed by atoms with van der Waals surface area (Å²) in [6, 6.07) is 0. The minimum Gasteiger partial charge on any atom is -0.317 e. The quantitative estimate of drug-likeness (QED) is 0.694. The SMILES string of the molecule is FC(F)(F)CCNCCCC1CCNCC1. The highest BCUT2D eigenvalue weighted by atomic mass is 19.4. The van der Waals surface area contributed by atoms with Gasteiger partial charge in [0, 0.05) is 6.54 Å². The molecule has 0 aromatic rings. The largest absolute Gasteiger partial charge is 0.390 e. The first-order chi connectivity index (χ1) is 7.58. The van der Waals surface area contributed by atoms with Crippen molar-refractivity contribution in [1.82, 2.24) is 10.6 Å². The van der Waals surface area contributed by atoms with Crippen LogP contribution >= 0.6 is 0 Å². The van der Waals surface area contributed by atoms with Gasteiger partial charge in [0.25, 0.3) is 0 Å². The Morgan fingerprint density at radius 1 is 1.12 bits per heavy atom. The summed E-state index contributed by atoms with van der Waals surface area (Å²) in [5.41, 5.74) is 0. The summed E-state index contributed by atoms with van der Waals surface area (Å²) < 4.78 is 35.4. The van der Waals surface area contributed by atoms with Crippen molar-refractivity contribution in [2.24, 2.45) is 5.92 Å². The summed E-state index contributed by atoms with van der Waals surface area (Å²) in [7, 11) is 0. The van der Waals surface area contributed by atoms with Crippen molar-refractivity contribution >= 4 is 0 Å². The minimum atomic E-state index is -4.03. The molecule has 0 unspecified atom stereocenters. The third-order valence-corrected chi connectivity index (χ3v) is 3.01. The smallest absolute Gasteiger partial charge is 0.317 e. The lowest BCUT2D eigenvalue weighted by atomic mass is 9.93. The number of piperidine rings is 1. The van der Waals surface area contributed by atoms with Gasteiger partial charge in [-0.2, -0.15) is 13.2 Å². The van der Waals surface area contributed by atoms with Gasteiger partial charge in [0.1, 0.15) is 0 Å². The molecule has 2 nitrogen and oxygen atoms in total. The zero-order chi connectivity index (χ0) is 11.9. The molecule has 16 heavy (non-hydrogen) atoms. The van der Waals surface area contributed by atoms with Crippen molar-refractivity contribution in [1.29, 1.82) is 0 Å². The molecular weight excluding hydrogens is 217 g/mol. The van der Waals surface area contributed by atoms with Gasteiger partial charge in [-0.3, -0.25) is 0 Å². The predicted molar refractivity (Wildman–Crippen MR) is 58.4 cm³/mol. The van der Waals surface area contributed by atoms with Crippen LogP contribution in [-0.4, -0.2) is 32.4 Å². The molecule has 0 aliphatic carbocycles. The van der Waals surface area contributed by atoms with Crippen molar-refractivity contribution in [2.75, 3.05) is 26.2 Å². The highest BCUT2D eigenvalue weighted by Crippen LogP contribution is 2.19. The van der Waals surface area contributed by atoms with Gasteiger partial charge in [-0.1, -0.05) is 0 Å². The lowest BCUT2D eigenvalue weighted by molar-refractivity contribution is -0.133. The van der Waals surface area contributed by atoms with Gasteiger partial charge in [0.05, 0.1) is 6.42 Å². The van der Waals surface area contributed by atoms with E-state index in [-0.39, 0.29) is 6.54 Å². The molecule has 0 bridgehead atoms. The normalized spacial score (nSPS) is 18.9. The molecule has 1 aliphatic heterocycles. The van der Waals surface area contributed by atoms with Crippen molar-refractivity contribution < 1.29 is 13.2 Å². The topological polar surface area (TPSA) is 24.1 Å². The molecule has 96 valence electrons. The van der Waals surface area contributed by atoms with E-state index in [0.29, 0.717) is 6.54 Å². The molecular formula is C11H21F3N2. The predicted octanol–water partition coefficient (Wildman–Crippen LogP) is 2.31. The average Bonchev–Trinajstić information content (AvgIpc) is 2.23. The molecule has 1 saturated heterocycles. The molecule has 1 heterocycles. The Morgan fingerprint density at radius 3 is 2.44 bits per heavy atom. The average molecular weight is 238 g/mol. The van der Waals surface area contributed by atoms with Crippen LogP contribution in [0.5, 0.6) is 0 Å². The number of hydrogen-bond donors (Lipinski definition) is 2. The van der Waals surface area contributed by atoms with Crippen LogP contribution in [0.3, 0.4) is 0 Å². The van der Waals surface area contributed by atoms with E-state index in [2.05, 4.69) is 10.6 Å². The molecule has 0 spiro atoms. The molecule has 0 saturated carbocycles. The summed E-state index contributed by atoms with van der Waals surface area (Å²) in [6.45, 7) is 2.94. The minimum absolute atomic E-state index is 0.0513. The third-order valence-electron chi connectivity index (χ3n) is 3.01. The number of halogens is 3. The second-order valence-corrected chi connectivity index (χ2v) is 4.45. The second-order valence-electron chi connectivity index (χ2n) is 4.45. The highest BCUT2D eigenvalue weighted by Gasteiger charge is 2.25. The second kappa shape index (κ2) is 7.12. The Bertz CT molecular complexity index is 177. The Labute approximate surface area is 95.0 Å². The van der Waals surface area contributed by atoms with E-state index in [1.807, 2.05) is 0 Å². The Kier molecular flexibility index (Phi) is 6.13. The molecule has 0 aromatic carbocycles.